The van der Waals surface area contributed by atoms with E-state index in [1.165, 1.54) is 0 Å². The van der Waals surface area contributed by atoms with E-state index in [4.69, 9.17) is 0 Å². The molecule has 3 rings (SSSR count). The molecule has 0 bridgehead atoms. The van der Waals surface area contributed by atoms with Crippen molar-refractivity contribution in [3.05, 3.63) is 85.6 Å². The van der Waals surface area contributed by atoms with Crippen molar-refractivity contribution in [1.29, 1.82) is 0 Å². The van der Waals surface area contributed by atoms with Gasteiger partial charge in [-0.1, -0.05) is 107 Å². The van der Waals surface area contributed by atoms with Crippen LogP contribution in [-0.2, 0) is 0 Å². The van der Waals surface area contributed by atoms with Crippen LogP contribution in [0.25, 0.3) is 0 Å². The van der Waals surface area contributed by atoms with Crippen LogP contribution < -0.4 is 5.32 Å². The lowest BCUT2D eigenvalue weighted by molar-refractivity contribution is 0.469. The second kappa shape index (κ2) is 29.0. The molecule has 3 heterocycles. The fourth-order valence-electron chi connectivity index (χ4n) is 1.03. The van der Waals surface area contributed by atoms with Crippen LogP contribution in [0.15, 0.2) is 85.6 Å². The Hall–Kier alpha value is -2.23. The van der Waals surface area contributed by atoms with E-state index in [2.05, 4.69) is 104 Å². The molecule has 0 fully saturated rings. The Morgan fingerprint density at radius 2 is 0.750 bits per heavy atom. The van der Waals surface area contributed by atoms with Crippen molar-refractivity contribution >= 4 is 25.2 Å². The van der Waals surface area contributed by atoms with Crippen LogP contribution >= 0.6 is 0 Å². The normalized spacial score (nSPS) is 10.6. The van der Waals surface area contributed by atoms with Gasteiger partial charge in [0.1, 0.15) is 0 Å². The number of nitrogens with zero attached hydrogens (tertiary/aromatic N) is 2. The summed E-state index contributed by atoms with van der Waals surface area (Å²) in [4.78, 5) is 7.57. The van der Waals surface area contributed by atoms with Gasteiger partial charge in [-0.15, -0.1) is 0 Å². The third kappa shape index (κ3) is 121. The highest BCUT2D eigenvalue weighted by atomic mass is 14.8. The summed E-state index contributed by atoms with van der Waals surface area (Å²) in [6, 6.07) is 11.4. The van der Waals surface area contributed by atoms with Crippen LogP contribution in [0.3, 0.4) is 0 Å². The molecule has 0 saturated carbocycles. The Bertz CT molecular complexity index is 527. The number of hydrogen-bond donors (Lipinski definition) is 1. The lowest BCUT2D eigenvalue weighted by Crippen LogP contribution is -2.05. The highest BCUT2D eigenvalue weighted by Crippen LogP contribution is 2.08. The summed E-state index contributed by atoms with van der Waals surface area (Å²) in [5, 5.41) is 3.02. The van der Waals surface area contributed by atoms with Crippen LogP contribution in [0.5, 0.6) is 0 Å². The van der Waals surface area contributed by atoms with E-state index >= 15 is 0 Å². The standard InChI is InChI=1S/C5H7N.2C5H5N.3C5H12.3B/c3*1-2-4-6-5-3-1;3*1-5(2,3)4;;;/h1-4,6H,5H2;2*1-5H;3*1-4H3;;;. The van der Waals surface area contributed by atoms with Crippen molar-refractivity contribution in [2.75, 3.05) is 6.54 Å². The second-order valence-corrected chi connectivity index (χ2v) is 12.2. The molecule has 0 spiro atoms. The molecule has 1 aliphatic rings. The minimum atomic E-state index is 0. The van der Waals surface area contributed by atoms with Crippen LogP contribution in [0.1, 0.15) is 83.1 Å². The van der Waals surface area contributed by atoms with E-state index in [1.54, 1.807) is 24.8 Å². The molecule has 0 aromatic carbocycles. The summed E-state index contributed by atoms with van der Waals surface area (Å²) >= 11 is 0. The summed E-state index contributed by atoms with van der Waals surface area (Å²) < 4.78 is 0. The van der Waals surface area contributed by atoms with Gasteiger partial charge in [-0.25, -0.2) is 0 Å². The first-order chi connectivity index (χ1) is 15.0. The van der Waals surface area contributed by atoms with Crippen molar-refractivity contribution in [3.8, 4) is 0 Å². The van der Waals surface area contributed by atoms with Crippen molar-refractivity contribution in [3.63, 3.8) is 0 Å². The zero-order chi connectivity index (χ0) is 26.2. The van der Waals surface area contributed by atoms with Gasteiger partial charge in [0.15, 0.2) is 0 Å². The lowest BCUT2D eigenvalue weighted by Gasteiger charge is -2.05. The maximum atomic E-state index is 3.78. The number of aromatic nitrogens is 2. The van der Waals surface area contributed by atoms with E-state index in [-0.39, 0.29) is 25.2 Å². The molecule has 0 saturated heterocycles. The van der Waals surface area contributed by atoms with E-state index in [1.807, 2.05) is 54.8 Å². The maximum Gasteiger partial charge on any atom is 0.0328 e. The van der Waals surface area contributed by atoms with Gasteiger partial charge in [0, 0.05) is 56.6 Å². The quantitative estimate of drug-likeness (QED) is 0.384. The van der Waals surface area contributed by atoms with Crippen molar-refractivity contribution < 1.29 is 0 Å². The Morgan fingerprint density at radius 3 is 0.806 bits per heavy atom. The number of hydrogen-bond acceptors (Lipinski definition) is 3. The largest absolute Gasteiger partial charge is 0.387 e. The average Bonchev–Trinajstić information content (AvgIpc) is 2.69. The van der Waals surface area contributed by atoms with E-state index in [0.717, 1.165) is 6.54 Å². The smallest absolute Gasteiger partial charge is 0.0328 e. The highest BCUT2D eigenvalue weighted by Gasteiger charge is 1.96. The summed E-state index contributed by atoms with van der Waals surface area (Å²) in [5.74, 6) is 0. The Kier molecular flexibility index (Phi) is 37.9. The summed E-state index contributed by atoms with van der Waals surface area (Å²) in [5.41, 5.74) is 1.50. The van der Waals surface area contributed by atoms with Gasteiger partial charge in [0.25, 0.3) is 0 Å². The molecule has 3 nitrogen and oxygen atoms in total. The molecule has 36 heavy (non-hydrogen) atoms. The topological polar surface area (TPSA) is 37.8 Å². The minimum Gasteiger partial charge on any atom is -0.387 e. The zero-order valence-corrected chi connectivity index (χ0v) is 25.4. The van der Waals surface area contributed by atoms with Crippen LogP contribution in [-0.4, -0.2) is 41.8 Å². The molecule has 0 amide bonds. The van der Waals surface area contributed by atoms with Gasteiger partial charge >= 0.3 is 0 Å². The van der Waals surface area contributed by atoms with Crippen molar-refractivity contribution in [2.24, 2.45) is 16.2 Å². The number of rotatable bonds is 0. The number of allylic oxidation sites excluding steroid dienone is 2. The fourth-order valence-corrected chi connectivity index (χ4v) is 1.03. The van der Waals surface area contributed by atoms with Gasteiger partial charge < -0.3 is 5.32 Å². The number of nitrogens with one attached hydrogen (secondary N) is 1. The lowest BCUT2D eigenvalue weighted by atomic mass is 10.0. The van der Waals surface area contributed by atoms with Gasteiger partial charge in [-0.05, 0) is 52.8 Å². The SMILES string of the molecule is C1=CCNC=C1.CC(C)(C)C.CC(C)(C)C.CC(C)(C)C.[B].[B].[B].c1ccncc1.c1ccncc1. The summed E-state index contributed by atoms with van der Waals surface area (Å²) in [6.07, 6.45) is 15.0. The number of pyridine rings is 2. The van der Waals surface area contributed by atoms with Gasteiger partial charge in [-0.3, -0.25) is 9.97 Å². The maximum absolute atomic E-state index is 3.78. The molecule has 2 aromatic rings. The Balaban J connectivity index is -0.0000000740. The first kappa shape index (κ1) is 47.0. The fraction of sp³-hybridized carbons (Fsp3) is 0.533. The number of dihydropyridines is 1. The first-order valence-corrected chi connectivity index (χ1v) is 11.7. The molecular weight excluding hydrogens is 435 g/mol. The molecular formula is C30H53B3N3. The predicted molar refractivity (Wildman–Crippen MR) is 167 cm³/mol. The third-order valence-electron chi connectivity index (χ3n) is 1.83. The molecule has 197 valence electrons. The Morgan fingerprint density at radius 1 is 0.472 bits per heavy atom. The summed E-state index contributed by atoms with van der Waals surface area (Å²) in [7, 11) is 0. The Labute approximate surface area is 231 Å². The molecule has 0 unspecified atom stereocenters. The van der Waals surface area contributed by atoms with E-state index in [9.17, 15) is 0 Å². The van der Waals surface area contributed by atoms with Crippen LogP contribution in [0, 0.1) is 16.2 Å². The molecule has 9 radical (unpaired) electrons. The van der Waals surface area contributed by atoms with Crippen molar-refractivity contribution in [2.45, 2.75) is 83.1 Å². The average molecular weight is 488 g/mol. The first-order valence-electron chi connectivity index (χ1n) is 11.7. The highest BCUT2D eigenvalue weighted by molar-refractivity contribution is 5.76. The third-order valence-corrected chi connectivity index (χ3v) is 1.83. The van der Waals surface area contributed by atoms with Crippen molar-refractivity contribution in [1.82, 2.24) is 15.3 Å². The monoisotopic (exact) mass is 488 g/mol. The second-order valence-electron chi connectivity index (χ2n) is 12.2. The van der Waals surface area contributed by atoms with Gasteiger partial charge in [0.2, 0.25) is 0 Å². The molecule has 1 N–H and O–H groups in total. The molecule has 6 heteroatoms. The van der Waals surface area contributed by atoms with Crippen LogP contribution in [0.2, 0.25) is 0 Å². The predicted octanol–water partition coefficient (Wildman–Crippen LogP) is 7.84. The minimum absolute atomic E-state index is 0. The molecule has 0 aliphatic carbocycles. The van der Waals surface area contributed by atoms with Crippen LogP contribution in [0.4, 0.5) is 0 Å². The van der Waals surface area contributed by atoms with Gasteiger partial charge in [-0.2, -0.15) is 0 Å². The molecule has 1 aliphatic heterocycles. The van der Waals surface area contributed by atoms with E-state index < -0.39 is 0 Å². The van der Waals surface area contributed by atoms with Gasteiger partial charge in [0.05, 0.1) is 0 Å². The zero-order valence-electron chi connectivity index (χ0n) is 25.4. The van der Waals surface area contributed by atoms with E-state index in [0.29, 0.717) is 16.2 Å². The summed E-state index contributed by atoms with van der Waals surface area (Å²) in [6.45, 7) is 27.2. The molecule has 2 aromatic heterocycles. The molecule has 0 atom stereocenters.